The van der Waals surface area contributed by atoms with E-state index in [2.05, 4.69) is 26.0 Å². The molecule has 154 valence electrons. The smallest absolute Gasteiger partial charge is 0.327 e. The van der Waals surface area contributed by atoms with Gasteiger partial charge < -0.3 is 4.74 Å². The predicted octanol–water partition coefficient (Wildman–Crippen LogP) is 5.57. The number of ether oxygens (including phenoxy) is 1. The Morgan fingerprint density at radius 3 is 2.31 bits per heavy atom. The van der Waals surface area contributed by atoms with Gasteiger partial charge in [-0.25, -0.2) is 0 Å². The predicted molar refractivity (Wildman–Crippen MR) is 119 cm³/mol. The molecule has 2 atom stereocenters. The second-order valence-corrected chi connectivity index (χ2v) is 9.41. The van der Waals surface area contributed by atoms with Crippen LogP contribution in [0.4, 0.5) is 0 Å². The van der Waals surface area contributed by atoms with E-state index in [-0.39, 0.29) is 18.2 Å². The highest BCUT2D eigenvalue weighted by Crippen LogP contribution is 2.41. The number of thioether (sulfide) groups is 1. The Labute approximate surface area is 178 Å². The minimum Gasteiger partial charge on any atom is -0.453 e. The SMILES string of the molecule is CC(C)CCCC1(c2ccccc2)CC(=O)C(SCCc2ccccc2)C(=O)O1. The first-order valence-corrected chi connectivity index (χ1v) is 11.5. The molecule has 1 fully saturated rings. The van der Waals surface area contributed by atoms with Crippen molar-refractivity contribution < 1.29 is 14.3 Å². The number of benzene rings is 2. The fourth-order valence-corrected chi connectivity index (χ4v) is 4.91. The molecule has 0 N–H and O–H groups in total. The van der Waals surface area contributed by atoms with Crippen molar-refractivity contribution in [3.63, 3.8) is 0 Å². The first-order chi connectivity index (χ1) is 14.0. The lowest BCUT2D eigenvalue weighted by Crippen LogP contribution is -2.47. The molecule has 0 aromatic heterocycles. The molecule has 0 aliphatic carbocycles. The van der Waals surface area contributed by atoms with Crippen molar-refractivity contribution in [3.8, 4) is 0 Å². The number of ketones is 1. The standard InChI is InChI=1S/C25H30O3S/c1-19(2)10-9-16-25(21-13-7-4-8-14-21)18-22(26)23(24(27)28-25)29-17-15-20-11-5-3-6-12-20/h3-8,11-14,19,23H,9-10,15-18H2,1-2H3. The van der Waals surface area contributed by atoms with Crippen molar-refractivity contribution in [1.29, 1.82) is 0 Å². The Balaban J connectivity index is 1.68. The topological polar surface area (TPSA) is 43.4 Å². The van der Waals surface area contributed by atoms with Gasteiger partial charge in [-0.3, -0.25) is 9.59 Å². The molecule has 2 aromatic carbocycles. The maximum Gasteiger partial charge on any atom is 0.327 e. The van der Waals surface area contributed by atoms with E-state index >= 15 is 0 Å². The number of rotatable bonds is 9. The summed E-state index contributed by atoms with van der Waals surface area (Å²) in [5.41, 5.74) is 1.32. The van der Waals surface area contributed by atoms with Gasteiger partial charge in [0.15, 0.2) is 11.0 Å². The molecule has 0 radical (unpaired) electrons. The Morgan fingerprint density at radius 1 is 1.03 bits per heavy atom. The van der Waals surface area contributed by atoms with Crippen LogP contribution < -0.4 is 0 Å². The van der Waals surface area contributed by atoms with Crippen LogP contribution in [0.1, 0.15) is 50.7 Å². The zero-order valence-corrected chi connectivity index (χ0v) is 18.1. The summed E-state index contributed by atoms with van der Waals surface area (Å²) >= 11 is 1.41. The largest absolute Gasteiger partial charge is 0.453 e. The third-order valence-corrected chi connectivity index (χ3v) is 6.67. The summed E-state index contributed by atoms with van der Waals surface area (Å²) in [4.78, 5) is 25.9. The van der Waals surface area contributed by atoms with Gasteiger partial charge >= 0.3 is 5.97 Å². The summed E-state index contributed by atoms with van der Waals surface area (Å²) in [5.74, 6) is 0.917. The molecule has 0 saturated carbocycles. The molecule has 0 spiro atoms. The molecule has 1 aliphatic rings. The fourth-order valence-electron chi connectivity index (χ4n) is 3.87. The van der Waals surface area contributed by atoms with Gasteiger partial charge in [0.2, 0.25) is 0 Å². The fraction of sp³-hybridized carbons (Fsp3) is 0.440. The molecular formula is C25H30O3S. The van der Waals surface area contributed by atoms with Gasteiger partial charge in [0.1, 0.15) is 5.60 Å². The van der Waals surface area contributed by atoms with Crippen LogP contribution >= 0.6 is 11.8 Å². The lowest BCUT2D eigenvalue weighted by molar-refractivity contribution is -0.172. The molecule has 1 saturated heterocycles. The molecule has 0 amide bonds. The number of cyclic esters (lactones) is 1. The van der Waals surface area contributed by atoms with E-state index in [4.69, 9.17) is 4.74 Å². The summed E-state index contributed by atoms with van der Waals surface area (Å²) in [7, 11) is 0. The Morgan fingerprint density at radius 2 is 1.69 bits per heavy atom. The minimum absolute atomic E-state index is 0.00675. The van der Waals surface area contributed by atoms with Gasteiger partial charge in [0.25, 0.3) is 0 Å². The van der Waals surface area contributed by atoms with Crippen molar-refractivity contribution in [3.05, 3.63) is 71.8 Å². The summed E-state index contributed by atoms with van der Waals surface area (Å²) in [6.45, 7) is 4.37. The van der Waals surface area contributed by atoms with E-state index in [0.29, 0.717) is 12.3 Å². The van der Waals surface area contributed by atoms with Crippen LogP contribution in [0.2, 0.25) is 0 Å². The van der Waals surface area contributed by atoms with Crippen molar-refractivity contribution in [2.75, 3.05) is 5.75 Å². The normalized spacial score (nSPS) is 22.0. The molecule has 1 heterocycles. The summed E-state index contributed by atoms with van der Waals surface area (Å²) in [6.07, 6.45) is 3.77. The van der Waals surface area contributed by atoms with Crippen LogP contribution in [0.15, 0.2) is 60.7 Å². The third kappa shape index (κ3) is 5.72. The molecule has 1 aliphatic heterocycles. The zero-order chi connectivity index (χ0) is 20.7. The number of esters is 1. The number of carbonyl (C=O) groups is 2. The van der Waals surface area contributed by atoms with Crippen LogP contribution in [0, 0.1) is 5.92 Å². The average Bonchev–Trinajstić information content (AvgIpc) is 2.71. The molecule has 3 rings (SSSR count). The van der Waals surface area contributed by atoms with Crippen molar-refractivity contribution in [1.82, 2.24) is 0 Å². The summed E-state index contributed by atoms with van der Waals surface area (Å²) in [6, 6.07) is 19.9. The molecule has 2 aromatic rings. The van der Waals surface area contributed by atoms with Crippen LogP contribution in [0.5, 0.6) is 0 Å². The Hall–Kier alpha value is -2.07. The van der Waals surface area contributed by atoms with Gasteiger partial charge in [-0.2, -0.15) is 0 Å². The third-order valence-electron chi connectivity index (χ3n) is 5.44. The van der Waals surface area contributed by atoms with E-state index in [1.54, 1.807) is 0 Å². The second kappa shape index (κ2) is 10.1. The van der Waals surface area contributed by atoms with E-state index in [1.165, 1.54) is 17.3 Å². The van der Waals surface area contributed by atoms with E-state index < -0.39 is 10.9 Å². The highest BCUT2D eigenvalue weighted by molar-refractivity contribution is 8.01. The molecule has 2 unspecified atom stereocenters. The van der Waals surface area contributed by atoms with Gasteiger partial charge in [-0.05, 0) is 42.1 Å². The quantitative estimate of drug-likeness (QED) is 0.400. The second-order valence-electron chi connectivity index (χ2n) is 8.20. The van der Waals surface area contributed by atoms with E-state index in [0.717, 1.165) is 30.6 Å². The van der Waals surface area contributed by atoms with Crippen LogP contribution in [0.25, 0.3) is 0 Å². The summed E-state index contributed by atoms with van der Waals surface area (Å²) in [5, 5.41) is -0.708. The van der Waals surface area contributed by atoms with Crippen molar-refractivity contribution in [2.45, 2.75) is 56.8 Å². The number of hydrogen-bond acceptors (Lipinski definition) is 4. The van der Waals surface area contributed by atoms with Crippen molar-refractivity contribution >= 4 is 23.5 Å². The van der Waals surface area contributed by atoms with Gasteiger partial charge in [-0.1, -0.05) is 80.9 Å². The number of carbonyl (C=O) groups excluding carboxylic acids is 2. The van der Waals surface area contributed by atoms with E-state index in [9.17, 15) is 9.59 Å². The molecular weight excluding hydrogens is 380 g/mol. The van der Waals surface area contributed by atoms with E-state index in [1.807, 2.05) is 48.5 Å². The first-order valence-electron chi connectivity index (χ1n) is 10.5. The first kappa shape index (κ1) is 21.6. The summed E-state index contributed by atoms with van der Waals surface area (Å²) < 4.78 is 6.05. The Bertz CT molecular complexity index is 783. The van der Waals surface area contributed by atoms with Crippen LogP contribution in [-0.2, 0) is 26.3 Å². The Kier molecular flexibility index (Phi) is 7.54. The highest BCUT2D eigenvalue weighted by atomic mass is 32.2. The molecule has 4 heteroatoms. The van der Waals surface area contributed by atoms with Gasteiger partial charge in [0, 0.05) is 0 Å². The van der Waals surface area contributed by atoms with Gasteiger partial charge in [-0.15, -0.1) is 11.8 Å². The number of Topliss-reactive ketones (excluding diaryl/α,β-unsaturated/α-hetero) is 1. The minimum atomic E-state index is -0.819. The van der Waals surface area contributed by atoms with Crippen LogP contribution in [-0.4, -0.2) is 22.8 Å². The monoisotopic (exact) mass is 410 g/mol. The van der Waals surface area contributed by atoms with Crippen LogP contribution in [0.3, 0.4) is 0 Å². The average molecular weight is 411 g/mol. The van der Waals surface area contributed by atoms with Gasteiger partial charge in [0.05, 0.1) is 6.42 Å². The number of hydrogen-bond donors (Lipinski definition) is 0. The van der Waals surface area contributed by atoms with Crippen molar-refractivity contribution in [2.24, 2.45) is 5.92 Å². The maximum absolute atomic E-state index is 13.0. The zero-order valence-electron chi connectivity index (χ0n) is 17.3. The number of aryl methyl sites for hydroxylation is 1. The maximum atomic E-state index is 13.0. The molecule has 29 heavy (non-hydrogen) atoms. The lowest BCUT2D eigenvalue weighted by Gasteiger charge is -2.39. The highest BCUT2D eigenvalue weighted by Gasteiger charge is 2.47. The molecule has 3 nitrogen and oxygen atoms in total. The lowest BCUT2D eigenvalue weighted by atomic mass is 9.81. The molecule has 0 bridgehead atoms.